The van der Waals surface area contributed by atoms with E-state index >= 15 is 0 Å². The van der Waals surface area contributed by atoms with Gasteiger partial charge in [0.2, 0.25) is 5.91 Å². The van der Waals surface area contributed by atoms with Crippen LogP contribution in [-0.2, 0) is 4.79 Å². The van der Waals surface area contributed by atoms with E-state index in [9.17, 15) is 15.0 Å². The fourth-order valence-corrected chi connectivity index (χ4v) is 2.47. The van der Waals surface area contributed by atoms with Gasteiger partial charge in [-0.15, -0.1) is 0 Å². The molecule has 1 atom stereocenters. The highest BCUT2D eigenvalue weighted by molar-refractivity contribution is 5.95. The lowest BCUT2D eigenvalue weighted by atomic mass is 9.85. The summed E-state index contributed by atoms with van der Waals surface area (Å²) in [7, 11) is 0. The van der Waals surface area contributed by atoms with Gasteiger partial charge in [-0.3, -0.25) is 4.79 Å². The van der Waals surface area contributed by atoms with Crippen molar-refractivity contribution in [2.45, 2.75) is 12.3 Å². The summed E-state index contributed by atoms with van der Waals surface area (Å²) in [5.41, 5.74) is 2.64. The number of amides is 1. The van der Waals surface area contributed by atoms with Crippen LogP contribution < -0.4 is 5.32 Å². The van der Waals surface area contributed by atoms with Crippen molar-refractivity contribution < 1.29 is 15.0 Å². The third-order valence-corrected chi connectivity index (χ3v) is 3.40. The molecule has 0 aliphatic carbocycles. The lowest BCUT2D eigenvalue weighted by Gasteiger charge is -2.26. The summed E-state index contributed by atoms with van der Waals surface area (Å²) in [4.78, 5) is 11.7. The topological polar surface area (TPSA) is 69.6 Å². The van der Waals surface area contributed by atoms with Gasteiger partial charge in [-0.1, -0.05) is 24.3 Å². The van der Waals surface area contributed by atoms with Crippen LogP contribution in [0.25, 0.3) is 0 Å². The number of nitrogens with one attached hydrogen (secondary N) is 1. The molecule has 2 aromatic carbocycles. The maximum Gasteiger partial charge on any atom is 0.225 e. The minimum atomic E-state index is -0.166. The summed E-state index contributed by atoms with van der Waals surface area (Å²) in [5, 5.41) is 21.8. The Balaban J connectivity index is 2.09. The first-order chi connectivity index (χ1) is 9.15. The van der Waals surface area contributed by atoms with E-state index in [0.29, 0.717) is 6.42 Å². The zero-order valence-electron chi connectivity index (χ0n) is 10.1. The molecule has 0 saturated carbocycles. The molecule has 0 fully saturated rings. The van der Waals surface area contributed by atoms with Crippen LogP contribution in [-0.4, -0.2) is 16.1 Å². The highest BCUT2D eigenvalue weighted by Crippen LogP contribution is 2.39. The molecular weight excluding hydrogens is 242 g/mol. The molecule has 1 heterocycles. The number of fused-ring (bicyclic) bond motifs is 1. The van der Waals surface area contributed by atoms with Gasteiger partial charge in [-0.05, 0) is 29.3 Å². The zero-order chi connectivity index (χ0) is 13.4. The van der Waals surface area contributed by atoms with Crippen LogP contribution in [0.3, 0.4) is 0 Å². The number of hydrogen-bond donors (Lipinski definition) is 3. The quantitative estimate of drug-likeness (QED) is 0.686. The lowest BCUT2D eigenvalue weighted by Crippen LogP contribution is -2.23. The van der Waals surface area contributed by atoms with Gasteiger partial charge in [0.1, 0.15) is 0 Å². The largest absolute Gasteiger partial charge is 0.504 e. The highest BCUT2D eigenvalue weighted by atomic mass is 16.3. The number of carbonyl (C=O) groups excluding carboxylic acids is 1. The number of rotatable bonds is 1. The molecule has 1 aliphatic rings. The van der Waals surface area contributed by atoms with Crippen molar-refractivity contribution in [2.24, 2.45) is 0 Å². The molecule has 96 valence electrons. The molecule has 3 N–H and O–H groups in total. The molecular formula is C15H13NO3. The molecule has 1 amide bonds. The molecule has 19 heavy (non-hydrogen) atoms. The number of hydrogen-bond acceptors (Lipinski definition) is 3. The van der Waals surface area contributed by atoms with Crippen LogP contribution in [0.2, 0.25) is 0 Å². The predicted octanol–water partition coefficient (Wildman–Crippen LogP) is 2.57. The number of para-hydroxylation sites is 1. The first-order valence-corrected chi connectivity index (χ1v) is 6.06. The summed E-state index contributed by atoms with van der Waals surface area (Å²) in [6.07, 6.45) is 0.335. The van der Waals surface area contributed by atoms with E-state index in [1.165, 1.54) is 12.1 Å². The van der Waals surface area contributed by atoms with E-state index in [-0.39, 0.29) is 23.3 Å². The molecule has 0 aromatic heterocycles. The normalized spacial score (nSPS) is 17.7. The smallest absolute Gasteiger partial charge is 0.225 e. The number of aromatic hydroxyl groups is 2. The Morgan fingerprint density at radius 2 is 1.84 bits per heavy atom. The zero-order valence-corrected chi connectivity index (χ0v) is 10.1. The molecule has 4 heteroatoms. The molecule has 1 unspecified atom stereocenters. The van der Waals surface area contributed by atoms with Crippen molar-refractivity contribution in [2.75, 3.05) is 5.32 Å². The Labute approximate surface area is 110 Å². The number of benzene rings is 2. The van der Waals surface area contributed by atoms with Crippen LogP contribution in [0.5, 0.6) is 11.5 Å². The van der Waals surface area contributed by atoms with Gasteiger partial charge in [0.05, 0.1) is 0 Å². The molecule has 0 radical (unpaired) electrons. The van der Waals surface area contributed by atoms with Crippen molar-refractivity contribution in [3.63, 3.8) is 0 Å². The molecule has 0 saturated heterocycles. The van der Waals surface area contributed by atoms with Crippen molar-refractivity contribution in [3.8, 4) is 11.5 Å². The number of carbonyl (C=O) groups is 1. The third kappa shape index (κ3) is 2.01. The van der Waals surface area contributed by atoms with Crippen LogP contribution in [0.1, 0.15) is 23.5 Å². The van der Waals surface area contributed by atoms with Crippen LogP contribution in [0.15, 0.2) is 42.5 Å². The Kier molecular flexibility index (Phi) is 2.63. The van der Waals surface area contributed by atoms with Gasteiger partial charge in [0, 0.05) is 18.0 Å². The molecule has 0 bridgehead atoms. The first-order valence-electron chi connectivity index (χ1n) is 6.06. The Hall–Kier alpha value is -2.49. The average Bonchev–Trinajstić information content (AvgIpc) is 2.41. The number of anilines is 1. The minimum absolute atomic E-state index is 0.0451. The van der Waals surface area contributed by atoms with Gasteiger partial charge in [-0.25, -0.2) is 0 Å². The van der Waals surface area contributed by atoms with Crippen molar-refractivity contribution in [1.29, 1.82) is 0 Å². The maximum atomic E-state index is 11.7. The van der Waals surface area contributed by atoms with Gasteiger partial charge >= 0.3 is 0 Å². The Morgan fingerprint density at radius 3 is 2.63 bits per heavy atom. The predicted molar refractivity (Wildman–Crippen MR) is 71.3 cm³/mol. The van der Waals surface area contributed by atoms with Gasteiger partial charge in [-0.2, -0.15) is 0 Å². The summed E-state index contributed by atoms with van der Waals surface area (Å²) < 4.78 is 0. The van der Waals surface area contributed by atoms with E-state index in [2.05, 4.69) is 5.32 Å². The van der Waals surface area contributed by atoms with Crippen molar-refractivity contribution in [3.05, 3.63) is 53.6 Å². The molecule has 0 spiro atoms. The Morgan fingerprint density at radius 1 is 1.05 bits per heavy atom. The second-order valence-corrected chi connectivity index (χ2v) is 4.64. The van der Waals surface area contributed by atoms with Crippen molar-refractivity contribution >= 4 is 11.6 Å². The minimum Gasteiger partial charge on any atom is -0.504 e. The monoisotopic (exact) mass is 255 g/mol. The molecule has 1 aliphatic heterocycles. The molecule has 2 aromatic rings. The van der Waals surface area contributed by atoms with Crippen LogP contribution in [0, 0.1) is 0 Å². The molecule has 3 rings (SSSR count). The Bertz CT molecular complexity index is 652. The average molecular weight is 255 g/mol. The highest BCUT2D eigenvalue weighted by Gasteiger charge is 2.26. The summed E-state index contributed by atoms with van der Waals surface area (Å²) in [6.45, 7) is 0. The standard InChI is InChI=1S/C15H13NO3/c17-13-6-5-9(7-14(13)18)11-8-15(19)16-12-4-2-1-3-10(11)12/h1-7,11,17-18H,8H2,(H,16,19). The van der Waals surface area contributed by atoms with Gasteiger partial charge in [0.25, 0.3) is 0 Å². The summed E-state index contributed by atoms with van der Waals surface area (Å²) in [6, 6.07) is 12.3. The van der Waals surface area contributed by atoms with E-state index in [4.69, 9.17) is 0 Å². The fourth-order valence-electron chi connectivity index (χ4n) is 2.47. The van der Waals surface area contributed by atoms with Gasteiger partial charge in [0.15, 0.2) is 11.5 Å². The van der Waals surface area contributed by atoms with E-state index < -0.39 is 0 Å². The fraction of sp³-hybridized carbons (Fsp3) is 0.133. The molecule has 4 nitrogen and oxygen atoms in total. The first kappa shape index (κ1) is 11.6. The number of phenolic OH excluding ortho intramolecular Hbond substituents is 2. The summed E-state index contributed by atoms with van der Waals surface area (Å²) >= 11 is 0. The lowest BCUT2D eigenvalue weighted by molar-refractivity contribution is -0.116. The van der Waals surface area contributed by atoms with Crippen molar-refractivity contribution in [1.82, 2.24) is 0 Å². The van der Waals surface area contributed by atoms with Crippen LogP contribution >= 0.6 is 0 Å². The third-order valence-electron chi connectivity index (χ3n) is 3.40. The SMILES string of the molecule is O=C1CC(c2ccc(O)c(O)c2)c2ccccc2N1. The van der Waals surface area contributed by atoms with Crippen LogP contribution in [0.4, 0.5) is 5.69 Å². The van der Waals surface area contributed by atoms with E-state index in [1.807, 2.05) is 24.3 Å². The van der Waals surface area contributed by atoms with Gasteiger partial charge < -0.3 is 15.5 Å². The van der Waals surface area contributed by atoms with E-state index in [0.717, 1.165) is 16.8 Å². The second-order valence-electron chi connectivity index (χ2n) is 4.64. The maximum absolute atomic E-state index is 11.7. The summed E-state index contributed by atoms with van der Waals surface area (Å²) in [5.74, 6) is -0.467. The second kappa shape index (κ2) is 4.31. The number of phenols is 2. The van der Waals surface area contributed by atoms with E-state index in [1.54, 1.807) is 6.07 Å².